The van der Waals surface area contributed by atoms with Crippen LogP contribution in [-0.2, 0) is 6.42 Å². The summed E-state index contributed by atoms with van der Waals surface area (Å²) in [5.41, 5.74) is 5.68. The molecule has 142 valence electrons. The fourth-order valence-corrected chi connectivity index (χ4v) is 5.68. The van der Waals surface area contributed by atoms with E-state index in [1.54, 1.807) is 0 Å². The van der Waals surface area contributed by atoms with Gasteiger partial charge in [0.15, 0.2) is 0 Å². The van der Waals surface area contributed by atoms with Crippen molar-refractivity contribution in [1.82, 2.24) is 0 Å². The molecule has 0 aromatic heterocycles. The van der Waals surface area contributed by atoms with Crippen LogP contribution < -0.4 is 4.90 Å². The lowest BCUT2D eigenvalue weighted by Crippen LogP contribution is -2.32. The molecule has 2 aromatic carbocycles. The van der Waals surface area contributed by atoms with Crippen LogP contribution in [0.5, 0.6) is 5.75 Å². The van der Waals surface area contributed by atoms with Crippen LogP contribution in [0.25, 0.3) is 0 Å². The third kappa shape index (κ3) is 3.24. The zero-order valence-corrected chi connectivity index (χ0v) is 16.2. The van der Waals surface area contributed by atoms with Crippen molar-refractivity contribution in [2.45, 2.75) is 57.3 Å². The summed E-state index contributed by atoms with van der Waals surface area (Å²) in [6, 6.07) is 15.6. The summed E-state index contributed by atoms with van der Waals surface area (Å²) < 4.78 is 0. The van der Waals surface area contributed by atoms with E-state index in [1.165, 1.54) is 80.4 Å². The highest BCUT2D eigenvalue weighted by molar-refractivity contribution is 5.51. The van der Waals surface area contributed by atoms with Gasteiger partial charge < -0.3 is 10.0 Å². The van der Waals surface area contributed by atoms with Crippen LogP contribution in [0.4, 0.5) is 5.69 Å². The molecule has 0 bridgehead atoms. The van der Waals surface area contributed by atoms with E-state index in [9.17, 15) is 5.11 Å². The van der Waals surface area contributed by atoms with Crippen molar-refractivity contribution in [3.8, 4) is 5.75 Å². The molecule has 0 unspecified atom stereocenters. The maximum absolute atomic E-state index is 9.95. The molecule has 0 amide bonds. The van der Waals surface area contributed by atoms with Gasteiger partial charge in [-0.1, -0.05) is 37.5 Å². The average Bonchev–Trinajstić information content (AvgIpc) is 2.67. The van der Waals surface area contributed by atoms with Gasteiger partial charge in [0.25, 0.3) is 0 Å². The van der Waals surface area contributed by atoms with Crippen LogP contribution in [0.15, 0.2) is 42.5 Å². The normalized spacial score (nSPS) is 25.7. The molecule has 5 rings (SSSR count). The lowest BCUT2D eigenvalue weighted by molar-refractivity contribution is 0.171. The lowest BCUT2D eigenvalue weighted by atomic mass is 9.62. The van der Waals surface area contributed by atoms with Crippen LogP contribution in [0, 0.1) is 11.8 Å². The standard InChI is InChI=1S/C25H31NO/c27-22-12-14-24-20(17-22)9-13-23(18-5-4-6-18)25(24)19-7-10-21(11-8-19)26-15-2-1-3-16-26/h7-8,10-12,14,17-18,23,25,27H,1-6,9,13,15-16H2/t23-,25+/m1/s1. The molecule has 0 radical (unpaired) electrons. The van der Waals surface area contributed by atoms with Crippen LogP contribution in [-0.4, -0.2) is 18.2 Å². The van der Waals surface area contributed by atoms with Crippen molar-refractivity contribution in [3.63, 3.8) is 0 Å². The van der Waals surface area contributed by atoms with Gasteiger partial charge in [0.05, 0.1) is 0 Å². The number of aromatic hydroxyl groups is 1. The number of anilines is 1. The molecule has 2 heteroatoms. The number of piperidine rings is 1. The zero-order valence-electron chi connectivity index (χ0n) is 16.2. The smallest absolute Gasteiger partial charge is 0.115 e. The molecule has 0 spiro atoms. The molecule has 2 nitrogen and oxygen atoms in total. The summed E-state index contributed by atoms with van der Waals surface area (Å²) in [6.45, 7) is 2.41. The van der Waals surface area contributed by atoms with Crippen molar-refractivity contribution in [3.05, 3.63) is 59.2 Å². The van der Waals surface area contributed by atoms with Gasteiger partial charge >= 0.3 is 0 Å². The van der Waals surface area contributed by atoms with Crippen LogP contribution in [0.1, 0.15) is 67.6 Å². The maximum atomic E-state index is 9.95. The van der Waals surface area contributed by atoms with Crippen LogP contribution in [0.2, 0.25) is 0 Å². The van der Waals surface area contributed by atoms with E-state index < -0.39 is 0 Å². The number of benzene rings is 2. The Labute approximate surface area is 163 Å². The average molecular weight is 362 g/mol. The highest BCUT2D eigenvalue weighted by Crippen LogP contribution is 2.50. The second kappa shape index (κ2) is 7.22. The number of rotatable bonds is 3. The van der Waals surface area contributed by atoms with E-state index in [1.807, 2.05) is 12.1 Å². The van der Waals surface area contributed by atoms with Gasteiger partial charge in [0, 0.05) is 24.7 Å². The SMILES string of the molecule is Oc1ccc2c(c1)CC[C@H](C1CCC1)[C@@H]2c1ccc(N2CCCCC2)cc1. The molecular formula is C25H31NO. The van der Waals surface area contributed by atoms with Crippen molar-refractivity contribution in [1.29, 1.82) is 0 Å². The summed E-state index contributed by atoms with van der Waals surface area (Å²) in [4.78, 5) is 2.55. The Bertz CT molecular complexity index is 786. The van der Waals surface area contributed by atoms with E-state index in [0.717, 1.165) is 18.3 Å². The summed E-state index contributed by atoms with van der Waals surface area (Å²) in [5.74, 6) is 2.56. The van der Waals surface area contributed by atoms with Gasteiger partial charge in [0.1, 0.15) is 5.75 Å². The summed E-state index contributed by atoms with van der Waals surface area (Å²) in [7, 11) is 0. The minimum atomic E-state index is 0.412. The molecule has 2 fully saturated rings. The largest absolute Gasteiger partial charge is 0.508 e. The van der Waals surface area contributed by atoms with E-state index >= 15 is 0 Å². The molecule has 3 aliphatic rings. The fourth-order valence-electron chi connectivity index (χ4n) is 5.68. The Morgan fingerprint density at radius 3 is 2.30 bits per heavy atom. The second-order valence-corrected chi connectivity index (χ2v) is 8.89. The summed E-state index contributed by atoms with van der Waals surface area (Å²) in [6.07, 6.45) is 10.6. The number of nitrogens with zero attached hydrogens (tertiary/aromatic N) is 1. The van der Waals surface area contributed by atoms with Crippen LogP contribution in [0.3, 0.4) is 0 Å². The van der Waals surface area contributed by atoms with E-state index in [0.29, 0.717) is 11.7 Å². The van der Waals surface area contributed by atoms with Crippen molar-refractivity contribution in [2.75, 3.05) is 18.0 Å². The molecule has 1 saturated carbocycles. The third-order valence-electron chi connectivity index (χ3n) is 7.37. The summed E-state index contributed by atoms with van der Waals surface area (Å²) in [5, 5.41) is 9.95. The Morgan fingerprint density at radius 2 is 1.59 bits per heavy atom. The predicted molar refractivity (Wildman–Crippen MR) is 112 cm³/mol. The molecular weight excluding hydrogens is 330 g/mol. The van der Waals surface area contributed by atoms with Gasteiger partial charge in [-0.2, -0.15) is 0 Å². The highest BCUT2D eigenvalue weighted by atomic mass is 16.3. The van der Waals surface area contributed by atoms with Gasteiger partial charge in [-0.25, -0.2) is 0 Å². The fraction of sp³-hybridized carbons (Fsp3) is 0.520. The van der Waals surface area contributed by atoms with Crippen LogP contribution >= 0.6 is 0 Å². The first-order valence-electron chi connectivity index (χ1n) is 11.0. The van der Waals surface area contributed by atoms with Crippen molar-refractivity contribution < 1.29 is 5.11 Å². The lowest BCUT2D eigenvalue weighted by Gasteiger charge is -2.43. The molecule has 2 aliphatic carbocycles. The molecule has 1 N–H and O–H groups in total. The Morgan fingerprint density at radius 1 is 0.815 bits per heavy atom. The van der Waals surface area contributed by atoms with Gasteiger partial charge in [-0.05, 0) is 84.9 Å². The molecule has 2 aromatic rings. The molecule has 27 heavy (non-hydrogen) atoms. The Kier molecular flexibility index (Phi) is 4.59. The first-order valence-corrected chi connectivity index (χ1v) is 11.0. The topological polar surface area (TPSA) is 23.5 Å². The number of phenolic OH excluding ortho intramolecular Hbond substituents is 1. The Hall–Kier alpha value is -1.96. The number of hydrogen-bond donors (Lipinski definition) is 1. The highest BCUT2D eigenvalue weighted by Gasteiger charge is 2.38. The molecule has 1 aliphatic heterocycles. The number of phenols is 1. The second-order valence-electron chi connectivity index (χ2n) is 8.89. The maximum Gasteiger partial charge on any atom is 0.115 e. The quantitative estimate of drug-likeness (QED) is 0.738. The predicted octanol–water partition coefficient (Wildman–Crippen LogP) is 5.88. The molecule has 2 atom stereocenters. The van der Waals surface area contributed by atoms with E-state index in [4.69, 9.17) is 0 Å². The van der Waals surface area contributed by atoms with Gasteiger partial charge in [0.2, 0.25) is 0 Å². The molecule has 1 saturated heterocycles. The monoisotopic (exact) mass is 361 g/mol. The first-order chi connectivity index (χ1) is 13.3. The number of aryl methyl sites for hydroxylation is 1. The Balaban J connectivity index is 1.48. The van der Waals surface area contributed by atoms with Crippen molar-refractivity contribution >= 4 is 5.69 Å². The minimum Gasteiger partial charge on any atom is -0.508 e. The minimum absolute atomic E-state index is 0.412. The van der Waals surface area contributed by atoms with Crippen molar-refractivity contribution in [2.24, 2.45) is 11.8 Å². The van der Waals surface area contributed by atoms with E-state index in [-0.39, 0.29) is 0 Å². The van der Waals surface area contributed by atoms with Gasteiger partial charge in [-0.15, -0.1) is 0 Å². The van der Waals surface area contributed by atoms with Gasteiger partial charge in [-0.3, -0.25) is 0 Å². The number of fused-ring (bicyclic) bond motifs is 1. The zero-order chi connectivity index (χ0) is 18.2. The molecule has 1 heterocycles. The van der Waals surface area contributed by atoms with E-state index in [2.05, 4.69) is 35.2 Å². The number of hydrogen-bond acceptors (Lipinski definition) is 2. The third-order valence-corrected chi connectivity index (χ3v) is 7.37. The first kappa shape index (κ1) is 17.2. The summed E-state index contributed by atoms with van der Waals surface area (Å²) >= 11 is 0.